The summed E-state index contributed by atoms with van der Waals surface area (Å²) in [5.74, 6) is 7.29. The Morgan fingerprint density at radius 2 is 1.93 bits per heavy atom. The van der Waals surface area contributed by atoms with Crippen molar-refractivity contribution in [3.63, 3.8) is 0 Å². The van der Waals surface area contributed by atoms with E-state index in [-0.39, 0.29) is 11.8 Å². The predicted octanol–water partition coefficient (Wildman–Crippen LogP) is 2.38. The Kier molecular flexibility index (Phi) is 4.90. The van der Waals surface area contributed by atoms with Crippen LogP contribution in [-0.2, 0) is 11.2 Å². The number of piperidine rings is 3. The number of carbonyl (C=O) groups is 1. The molecule has 30 heavy (non-hydrogen) atoms. The van der Waals surface area contributed by atoms with Crippen molar-refractivity contribution in [1.29, 1.82) is 0 Å². The molecule has 2 bridgehead atoms. The van der Waals surface area contributed by atoms with Crippen molar-refractivity contribution in [3.05, 3.63) is 71.4 Å². The Bertz CT molecular complexity index is 1050. The lowest BCUT2D eigenvalue weighted by molar-refractivity contribution is -0.113. The second kappa shape index (κ2) is 7.71. The average molecular weight is 399 g/mol. The highest BCUT2D eigenvalue weighted by atomic mass is 16.3. The third-order valence-electron chi connectivity index (χ3n) is 6.41. The van der Waals surface area contributed by atoms with Crippen molar-refractivity contribution in [3.8, 4) is 11.8 Å². The first-order chi connectivity index (χ1) is 14.6. The molecule has 4 aliphatic heterocycles. The number of hydrogen-bond acceptors (Lipinski definition) is 4. The van der Waals surface area contributed by atoms with Crippen molar-refractivity contribution in [2.24, 2.45) is 5.92 Å². The van der Waals surface area contributed by atoms with Gasteiger partial charge in [0.2, 0.25) is 0 Å². The number of hydrogen-bond donors (Lipinski definition) is 1. The van der Waals surface area contributed by atoms with E-state index < -0.39 is 5.60 Å². The summed E-state index contributed by atoms with van der Waals surface area (Å²) in [7, 11) is 0. The third kappa shape index (κ3) is 3.65. The molecular formula is C25H25N3O2. The number of benzene rings is 1. The fourth-order valence-corrected chi connectivity index (χ4v) is 4.68. The lowest BCUT2D eigenvalue weighted by Crippen LogP contribution is -2.58. The van der Waals surface area contributed by atoms with E-state index in [0.717, 1.165) is 42.8 Å². The largest absolute Gasteiger partial charge is 0.376 e. The number of pyridine rings is 1. The Hall–Kier alpha value is -2.94. The maximum atomic E-state index is 12.1. The van der Waals surface area contributed by atoms with Gasteiger partial charge >= 0.3 is 0 Å². The van der Waals surface area contributed by atoms with Crippen molar-refractivity contribution < 1.29 is 9.90 Å². The van der Waals surface area contributed by atoms with E-state index in [1.165, 1.54) is 0 Å². The minimum absolute atomic E-state index is 0.0476. The molecule has 2 aromatic rings. The van der Waals surface area contributed by atoms with Gasteiger partial charge in [0.15, 0.2) is 0 Å². The minimum atomic E-state index is -0.950. The molecule has 5 nitrogen and oxygen atoms in total. The Balaban J connectivity index is 1.49. The van der Waals surface area contributed by atoms with Crippen LogP contribution in [0.3, 0.4) is 0 Å². The van der Waals surface area contributed by atoms with Gasteiger partial charge in [0.1, 0.15) is 11.4 Å². The van der Waals surface area contributed by atoms with Crippen molar-refractivity contribution >= 4 is 11.7 Å². The molecule has 5 heteroatoms. The van der Waals surface area contributed by atoms with E-state index in [9.17, 15) is 9.90 Å². The first-order valence-corrected chi connectivity index (χ1v) is 10.6. The van der Waals surface area contributed by atoms with Crippen LogP contribution < -0.4 is 4.90 Å². The number of anilines is 1. The molecule has 1 N–H and O–H groups in total. The zero-order valence-corrected chi connectivity index (χ0v) is 16.9. The SMILES string of the molecule is O=C1C=CCN1c1ccc(C#CC2(O)CN3CCC2CC3)c(Cc2ccccc2)n1. The van der Waals surface area contributed by atoms with Gasteiger partial charge in [-0.05, 0) is 43.6 Å². The minimum Gasteiger partial charge on any atom is -0.376 e. The Labute approximate surface area is 177 Å². The molecule has 1 unspecified atom stereocenters. The van der Waals surface area contributed by atoms with E-state index in [0.29, 0.717) is 25.3 Å². The van der Waals surface area contributed by atoms with E-state index in [1.54, 1.807) is 11.0 Å². The molecule has 0 radical (unpaired) electrons. The van der Waals surface area contributed by atoms with Gasteiger partial charge in [0.05, 0.1) is 5.69 Å². The summed E-state index contributed by atoms with van der Waals surface area (Å²) in [5, 5.41) is 11.2. The van der Waals surface area contributed by atoms with E-state index in [4.69, 9.17) is 4.98 Å². The summed E-state index contributed by atoms with van der Waals surface area (Å²) in [6.45, 7) is 3.28. The molecule has 1 aromatic heterocycles. The van der Waals surface area contributed by atoms with Crippen molar-refractivity contribution in [2.75, 3.05) is 31.1 Å². The number of fused-ring (bicyclic) bond motifs is 3. The van der Waals surface area contributed by atoms with Gasteiger partial charge in [0.25, 0.3) is 5.91 Å². The summed E-state index contributed by atoms with van der Waals surface area (Å²) in [5.41, 5.74) is 1.83. The number of nitrogens with zero attached hydrogens (tertiary/aromatic N) is 3. The Morgan fingerprint density at radius 3 is 2.60 bits per heavy atom. The first kappa shape index (κ1) is 19.0. The molecule has 1 aromatic carbocycles. The van der Waals surface area contributed by atoms with Crippen LogP contribution in [0.15, 0.2) is 54.6 Å². The molecule has 0 aliphatic carbocycles. The van der Waals surface area contributed by atoms with Crippen LogP contribution in [0.4, 0.5) is 5.82 Å². The highest BCUT2D eigenvalue weighted by Gasteiger charge is 2.44. The van der Waals surface area contributed by atoms with E-state index >= 15 is 0 Å². The lowest BCUT2D eigenvalue weighted by atomic mass is 9.75. The van der Waals surface area contributed by atoms with Crippen LogP contribution in [0, 0.1) is 17.8 Å². The average Bonchev–Trinajstić information content (AvgIpc) is 3.20. The molecule has 6 rings (SSSR count). The number of aliphatic hydroxyl groups is 1. The smallest absolute Gasteiger partial charge is 0.252 e. The van der Waals surface area contributed by atoms with Gasteiger partial charge in [-0.15, -0.1) is 0 Å². The molecule has 3 saturated heterocycles. The van der Waals surface area contributed by atoms with Crippen molar-refractivity contribution in [2.45, 2.75) is 24.9 Å². The number of carbonyl (C=O) groups excluding carboxylic acids is 1. The lowest BCUT2D eigenvalue weighted by Gasteiger charge is -2.47. The third-order valence-corrected chi connectivity index (χ3v) is 6.41. The predicted molar refractivity (Wildman–Crippen MR) is 116 cm³/mol. The van der Waals surface area contributed by atoms with Crippen LogP contribution in [0.25, 0.3) is 0 Å². The normalized spacial score (nSPS) is 27.2. The van der Waals surface area contributed by atoms with Gasteiger partial charge in [0, 0.05) is 37.1 Å². The number of amides is 1. The van der Waals surface area contributed by atoms with Gasteiger partial charge in [-0.3, -0.25) is 14.6 Å². The standard InChI is InChI=1S/C25H25N3O2/c29-24-7-4-14-28(24)23-9-8-20(22(26-23)17-19-5-2-1-3-6-19)10-13-25(30)18-27-15-11-21(25)12-16-27/h1-9,21,30H,11-12,14-18H2. The Morgan fingerprint density at radius 1 is 1.13 bits per heavy atom. The maximum Gasteiger partial charge on any atom is 0.252 e. The highest BCUT2D eigenvalue weighted by molar-refractivity contribution is 6.03. The highest BCUT2D eigenvalue weighted by Crippen LogP contribution is 2.35. The number of aromatic nitrogens is 1. The second-order valence-corrected chi connectivity index (χ2v) is 8.40. The molecule has 4 aliphatic rings. The van der Waals surface area contributed by atoms with E-state index in [2.05, 4.69) is 28.9 Å². The van der Waals surface area contributed by atoms with Gasteiger partial charge < -0.3 is 5.11 Å². The fraction of sp³-hybridized carbons (Fsp3) is 0.360. The summed E-state index contributed by atoms with van der Waals surface area (Å²) in [6, 6.07) is 13.9. The van der Waals surface area contributed by atoms with Crippen LogP contribution in [0.1, 0.15) is 29.7 Å². The van der Waals surface area contributed by atoms with Gasteiger partial charge in [-0.2, -0.15) is 0 Å². The second-order valence-electron chi connectivity index (χ2n) is 8.40. The zero-order valence-electron chi connectivity index (χ0n) is 16.9. The molecular weight excluding hydrogens is 374 g/mol. The van der Waals surface area contributed by atoms with Crippen LogP contribution in [0.5, 0.6) is 0 Å². The molecule has 5 heterocycles. The van der Waals surface area contributed by atoms with Crippen LogP contribution >= 0.6 is 0 Å². The topological polar surface area (TPSA) is 56.7 Å². The molecule has 0 spiro atoms. The molecule has 1 atom stereocenters. The monoisotopic (exact) mass is 399 g/mol. The quantitative estimate of drug-likeness (QED) is 0.806. The molecule has 0 saturated carbocycles. The molecule has 1 amide bonds. The van der Waals surface area contributed by atoms with Crippen molar-refractivity contribution in [1.82, 2.24) is 9.88 Å². The van der Waals surface area contributed by atoms with Gasteiger partial charge in [-0.25, -0.2) is 4.98 Å². The zero-order chi connectivity index (χ0) is 20.6. The molecule has 3 fully saturated rings. The van der Waals surface area contributed by atoms with E-state index in [1.807, 2.05) is 36.4 Å². The van der Waals surface area contributed by atoms with Crippen LogP contribution in [0.2, 0.25) is 0 Å². The number of rotatable bonds is 3. The van der Waals surface area contributed by atoms with Crippen LogP contribution in [-0.4, -0.2) is 52.7 Å². The summed E-state index contributed by atoms with van der Waals surface area (Å²) >= 11 is 0. The summed E-state index contributed by atoms with van der Waals surface area (Å²) < 4.78 is 0. The summed E-state index contributed by atoms with van der Waals surface area (Å²) in [6.07, 6.45) is 6.06. The maximum absolute atomic E-state index is 12.1. The fourth-order valence-electron chi connectivity index (χ4n) is 4.68. The first-order valence-electron chi connectivity index (χ1n) is 10.6. The molecule has 152 valence electrons. The van der Waals surface area contributed by atoms with Gasteiger partial charge in [-0.1, -0.05) is 48.2 Å². The summed E-state index contributed by atoms with van der Waals surface area (Å²) in [4.78, 5) is 20.9.